The Bertz CT molecular complexity index is 1920. The number of carbonyl (C=O) groups excluding carboxylic acids is 4. The molecule has 0 radical (unpaired) electrons. The molecule has 5 atom stereocenters. The van der Waals surface area contributed by atoms with Crippen LogP contribution in [0.25, 0.3) is 10.9 Å². The zero-order chi connectivity index (χ0) is 37.5. The Morgan fingerprint density at radius 2 is 1.75 bits per heavy atom. The van der Waals surface area contributed by atoms with Crippen molar-refractivity contribution < 1.29 is 37.1 Å². The predicted octanol–water partition coefficient (Wildman–Crippen LogP) is 4.36. The van der Waals surface area contributed by atoms with Crippen molar-refractivity contribution in [2.75, 3.05) is 6.54 Å². The molecular weight excluding hydrogens is 699 g/mol. The molecule has 2 aliphatic heterocycles. The van der Waals surface area contributed by atoms with Gasteiger partial charge in [-0.3, -0.25) is 19.1 Å². The first-order chi connectivity index (χ1) is 25.2. The molecule has 1 aromatic heterocycles. The lowest BCUT2D eigenvalue weighted by Gasteiger charge is -2.30. The second-order valence-corrected chi connectivity index (χ2v) is 18.3. The van der Waals surface area contributed by atoms with Crippen LogP contribution in [0.1, 0.15) is 103 Å². The van der Waals surface area contributed by atoms with Crippen LogP contribution in [0.2, 0.25) is 0 Å². The van der Waals surface area contributed by atoms with E-state index < -0.39 is 74.3 Å². The number of rotatable bonds is 6. The summed E-state index contributed by atoms with van der Waals surface area (Å²) in [5.74, 6) is -1.71. The Labute approximate surface area is 311 Å². The Morgan fingerprint density at radius 1 is 1.00 bits per heavy atom. The monoisotopic (exact) mass is 749 g/mol. The molecule has 5 aliphatic rings. The summed E-state index contributed by atoms with van der Waals surface area (Å²) in [4.78, 5) is 62.0. The standard InChI is InChI=1S/C39H51N5O8S/c1-38(2,3)52-37(48)41-31-18-8-6-4-5-7-13-24-22-39(24,36(47)43-53(49,50)26-19-20-26)42-33(45)32-21-25(23-44(32)35(31)46)51-34-29-16-10-9-14-27(29)28-15-11-12-17-30(28)40-34/h7,11-13,15,17,24-26,31-32H,4-6,8-10,14,16,18-23H2,1-3H3,(H,41,48)(H,42,45)(H,43,47)/t24-,25-,31+,32+,39-/m1/s1. The number of benzene rings is 1. The molecule has 2 saturated carbocycles. The molecule has 3 aliphatic carbocycles. The summed E-state index contributed by atoms with van der Waals surface area (Å²) >= 11 is 0. The highest BCUT2D eigenvalue weighted by atomic mass is 32.2. The van der Waals surface area contributed by atoms with Gasteiger partial charge in [-0.05, 0) is 96.6 Å². The maximum absolute atomic E-state index is 14.5. The number of nitrogens with one attached hydrogen (secondary N) is 3. The molecular formula is C39H51N5O8S. The minimum atomic E-state index is -3.87. The molecule has 1 saturated heterocycles. The molecule has 3 heterocycles. The summed E-state index contributed by atoms with van der Waals surface area (Å²) in [7, 11) is -3.87. The van der Waals surface area contributed by atoms with Crippen LogP contribution in [0.5, 0.6) is 5.88 Å². The van der Waals surface area contributed by atoms with E-state index in [1.807, 2.05) is 30.4 Å². The third-order valence-electron chi connectivity index (χ3n) is 11.0. The molecule has 1 aromatic carbocycles. The van der Waals surface area contributed by atoms with E-state index in [-0.39, 0.29) is 19.4 Å². The van der Waals surface area contributed by atoms with Gasteiger partial charge in [-0.1, -0.05) is 43.2 Å². The van der Waals surface area contributed by atoms with Crippen LogP contribution in [0, 0.1) is 5.92 Å². The van der Waals surface area contributed by atoms with E-state index in [1.165, 1.54) is 10.5 Å². The largest absolute Gasteiger partial charge is 0.472 e. The van der Waals surface area contributed by atoms with Gasteiger partial charge in [0.25, 0.3) is 5.91 Å². The van der Waals surface area contributed by atoms with Crippen LogP contribution >= 0.6 is 0 Å². The fourth-order valence-electron chi connectivity index (χ4n) is 7.99. The highest BCUT2D eigenvalue weighted by Crippen LogP contribution is 2.46. The molecule has 7 rings (SSSR count). The second-order valence-electron chi connectivity index (χ2n) is 16.3. The zero-order valence-corrected chi connectivity index (χ0v) is 31.6. The van der Waals surface area contributed by atoms with Gasteiger partial charge < -0.3 is 25.0 Å². The van der Waals surface area contributed by atoms with Crippen LogP contribution in [0.15, 0.2) is 36.4 Å². The van der Waals surface area contributed by atoms with Crippen LogP contribution in [0.3, 0.4) is 0 Å². The van der Waals surface area contributed by atoms with Crippen molar-refractivity contribution in [3.8, 4) is 5.88 Å². The molecule has 0 bridgehead atoms. The minimum absolute atomic E-state index is 0.0469. The number of ether oxygens (including phenoxy) is 2. The van der Waals surface area contributed by atoms with E-state index in [0.29, 0.717) is 38.0 Å². The molecule has 53 heavy (non-hydrogen) atoms. The van der Waals surface area contributed by atoms with E-state index in [4.69, 9.17) is 14.5 Å². The van der Waals surface area contributed by atoms with Gasteiger partial charge in [0.05, 0.1) is 17.3 Å². The predicted molar refractivity (Wildman–Crippen MR) is 197 cm³/mol. The van der Waals surface area contributed by atoms with Gasteiger partial charge in [0.1, 0.15) is 29.3 Å². The minimum Gasteiger partial charge on any atom is -0.472 e. The van der Waals surface area contributed by atoms with Gasteiger partial charge in [0.15, 0.2) is 0 Å². The summed E-state index contributed by atoms with van der Waals surface area (Å²) in [5.41, 5.74) is 0.801. The van der Waals surface area contributed by atoms with E-state index in [9.17, 15) is 27.6 Å². The van der Waals surface area contributed by atoms with Crippen LogP contribution in [-0.4, -0.2) is 83.2 Å². The fraction of sp³-hybridized carbons (Fsp3) is 0.615. The number of alkyl carbamates (subject to hydrolysis) is 1. The Balaban J connectivity index is 1.20. The van der Waals surface area contributed by atoms with E-state index in [1.54, 1.807) is 20.8 Å². The van der Waals surface area contributed by atoms with Crippen molar-refractivity contribution in [3.63, 3.8) is 0 Å². The van der Waals surface area contributed by atoms with Gasteiger partial charge in [-0.2, -0.15) is 0 Å². The number of allylic oxidation sites excluding steroid dienone is 1. The molecule has 3 N–H and O–H groups in total. The van der Waals surface area contributed by atoms with Gasteiger partial charge >= 0.3 is 6.09 Å². The highest BCUT2D eigenvalue weighted by Gasteiger charge is 2.62. The number of carbonyl (C=O) groups is 4. The lowest BCUT2D eigenvalue weighted by Crippen LogP contribution is -2.58. The van der Waals surface area contributed by atoms with Crippen molar-refractivity contribution in [2.24, 2.45) is 5.92 Å². The number of amides is 4. The van der Waals surface area contributed by atoms with Gasteiger partial charge in [-0.25, -0.2) is 18.2 Å². The Morgan fingerprint density at radius 3 is 2.51 bits per heavy atom. The summed E-state index contributed by atoms with van der Waals surface area (Å²) < 4.78 is 40.1. The zero-order valence-electron chi connectivity index (χ0n) is 30.8. The summed E-state index contributed by atoms with van der Waals surface area (Å²) in [6.45, 7) is 5.28. The Kier molecular flexibility index (Phi) is 10.2. The van der Waals surface area contributed by atoms with Crippen molar-refractivity contribution >= 4 is 44.7 Å². The smallest absolute Gasteiger partial charge is 0.408 e. The summed E-state index contributed by atoms with van der Waals surface area (Å²) in [5, 5.41) is 6.17. The molecule has 0 unspecified atom stereocenters. The maximum Gasteiger partial charge on any atom is 0.408 e. The first-order valence-electron chi connectivity index (χ1n) is 19.2. The number of para-hydroxylation sites is 1. The SMILES string of the molecule is CC(C)(C)OC(=O)N[C@H]1CCCCCC=C[C@@H]2C[C@@]2(C(=O)NS(=O)(=O)C2CC2)NC(=O)[C@@H]2C[C@@H](Oc3nc4ccccc4c4c3CCCC4)CN2C1=O. The van der Waals surface area contributed by atoms with Gasteiger partial charge in [-0.15, -0.1) is 0 Å². The van der Waals surface area contributed by atoms with Crippen LogP contribution in [0.4, 0.5) is 4.79 Å². The van der Waals surface area contributed by atoms with Gasteiger partial charge in [0.2, 0.25) is 27.7 Å². The van der Waals surface area contributed by atoms with Crippen molar-refractivity contribution in [2.45, 2.75) is 139 Å². The molecule has 14 heteroatoms. The number of sulfonamides is 1. The number of hydrogen-bond donors (Lipinski definition) is 3. The Hall–Kier alpha value is -4.20. The number of fused-ring (bicyclic) bond motifs is 5. The van der Waals surface area contributed by atoms with Crippen molar-refractivity contribution in [1.29, 1.82) is 0 Å². The quantitative estimate of drug-likeness (QED) is 0.363. The number of pyridine rings is 1. The third-order valence-corrected chi connectivity index (χ3v) is 12.8. The lowest BCUT2D eigenvalue weighted by molar-refractivity contribution is -0.141. The molecule has 13 nitrogen and oxygen atoms in total. The third kappa shape index (κ3) is 8.17. The highest BCUT2D eigenvalue weighted by molar-refractivity contribution is 7.91. The van der Waals surface area contributed by atoms with Crippen LogP contribution in [-0.2, 0) is 42.0 Å². The molecule has 286 valence electrons. The first-order valence-corrected chi connectivity index (χ1v) is 20.7. The number of hydrogen-bond acceptors (Lipinski definition) is 9. The normalized spacial score (nSPS) is 28.0. The second kappa shape index (κ2) is 14.6. The number of aryl methyl sites for hydroxylation is 1. The average Bonchev–Trinajstić information content (AvgIpc) is 4.03. The molecule has 0 spiro atoms. The molecule has 4 amide bonds. The first kappa shape index (κ1) is 37.1. The maximum atomic E-state index is 14.5. The van der Waals surface area contributed by atoms with Crippen molar-refractivity contribution in [1.82, 2.24) is 25.2 Å². The number of nitrogens with zero attached hydrogens (tertiary/aromatic N) is 2. The lowest BCUT2D eigenvalue weighted by atomic mass is 9.89. The van der Waals surface area contributed by atoms with E-state index >= 15 is 0 Å². The summed E-state index contributed by atoms with van der Waals surface area (Å²) in [6.07, 6.45) is 10.9. The van der Waals surface area contributed by atoms with Gasteiger partial charge in [0, 0.05) is 23.3 Å². The van der Waals surface area contributed by atoms with Crippen LogP contribution < -0.4 is 20.1 Å². The van der Waals surface area contributed by atoms with E-state index in [0.717, 1.165) is 55.0 Å². The average molecular weight is 750 g/mol. The molecule has 3 fully saturated rings. The van der Waals surface area contributed by atoms with E-state index in [2.05, 4.69) is 21.4 Å². The fourth-order valence-corrected chi connectivity index (χ4v) is 9.36. The van der Waals surface area contributed by atoms with Crippen molar-refractivity contribution in [3.05, 3.63) is 47.5 Å². The summed E-state index contributed by atoms with van der Waals surface area (Å²) in [6, 6.07) is 5.93. The molecule has 2 aromatic rings. The number of aromatic nitrogens is 1. The topological polar surface area (TPSA) is 173 Å².